The molecule has 0 spiro atoms. The summed E-state index contributed by atoms with van der Waals surface area (Å²) in [6, 6.07) is 0. The third-order valence-electron chi connectivity index (χ3n) is 1.70. The number of hydrogen-bond acceptors (Lipinski definition) is 3. The summed E-state index contributed by atoms with van der Waals surface area (Å²) in [5, 5.41) is 17.8. The first kappa shape index (κ1) is 12.1. The van der Waals surface area contributed by atoms with Crippen LogP contribution in [0.5, 0.6) is 0 Å². The number of carboxylic acid groups (broad SMARTS) is 1. The van der Waals surface area contributed by atoms with Crippen molar-refractivity contribution in [1.82, 2.24) is 4.90 Å². The zero-order valence-corrected chi connectivity index (χ0v) is 8.10. The predicted molar refractivity (Wildman–Crippen MR) is 50.3 cm³/mol. The molecule has 0 amide bonds. The second-order valence-corrected chi connectivity index (χ2v) is 2.74. The first-order valence-corrected chi connectivity index (χ1v) is 4.45. The largest absolute Gasteiger partial charge is 0.478 e. The molecule has 13 heavy (non-hydrogen) atoms. The fourth-order valence-corrected chi connectivity index (χ4v) is 1.05. The molecule has 0 heterocycles. The van der Waals surface area contributed by atoms with Gasteiger partial charge in [-0.1, -0.05) is 13.8 Å². The minimum Gasteiger partial charge on any atom is -0.478 e. The second kappa shape index (κ2) is 6.62. The monoisotopic (exact) mass is 187 g/mol. The van der Waals surface area contributed by atoms with Crippen LogP contribution in [0.2, 0.25) is 0 Å². The van der Waals surface area contributed by atoms with Crippen LogP contribution >= 0.6 is 0 Å². The standard InChI is InChI=1S/C9H17NO3/c1-3-7-10(4-2)8(11)5-6-9(12)13/h5-6,8,11H,3-4,7H2,1-2H3,(H,12,13)/b6-5+. The number of carboxylic acids is 1. The molecule has 0 radical (unpaired) electrons. The van der Waals surface area contributed by atoms with Gasteiger partial charge >= 0.3 is 5.97 Å². The van der Waals surface area contributed by atoms with Gasteiger partial charge in [0.1, 0.15) is 6.23 Å². The number of aliphatic carboxylic acids is 1. The molecule has 0 saturated carbocycles. The van der Waals surface area contributed by atoms with Gasteiger partial charge in [-0.05, 0) is 19.0 Å². The molecular formula is C9H17NO3. The lowest BCUT2D eigenvalue weighted by Crippen LogP contribution is -2.34. The Morgan fingerprint density at radius 3 is 2.54 bits per heavy atom. The maximum Gasteiger partial charge on any atom is 0.328 e. The number of likely N-dealkylation sites (N-methyl/N-ethyl adjacent to an activating group) is 1. The smallest absolute Gasteiger partial charge is 0.328 e. The summed E-state index contributed by atoms with van der Waals surface area (Å²) in [6.45, 7) is 5.41. The summed E-state index contributed by atoms with van der Waals surface area (Å²) in [5.74, 6) is -1.04. The zero-order valence-electron chi connectivity index (χ0n) is 8.10. The fraction of sp³-hybridized carbons (Fsp3) is 0.667. The highest BCUT2D eigenvalue weighted by atomic mass is 16.4. The summed E-state index contributed by atoms with van der Waals surface area (Å²) >= 11 is 0. The van der Waals surface area contributed by atoms with Crippen molar-refractivity contribution in [2.24, 2.45) is 0 Å². The topological polar surface area (TPSA) is 60.8 Å². The van der Waals surface area contributed by atoms with Crippen molar-refractivity contribution in [2.75, 3.05) is 13.1 Å². The van der Waals surface area contributed by atoms with Gasteiger partial charge in [-0.25, -0.2) is 4.79 Å². The zero-order chi connectivity index (χ0) is 10.3. The number of rotatable bonds is 6. The summed E-state index contributed by atoms with van der Waals surface area (Å²) < 4.78 is 0. The Morgan fingerprint density at radius 1 is 1.54 bits per heavy atom. The SMILES string of the molecule is CCCN(CC)C(O)/C=C/C(=O)O. The van der Waals surface area contributed by atoms with Crippen molar-refractivity contribution in [3.63, 3.8) is 0 Å². The summed E-state index contributed by atoms with van der Waals surface area (Å²) in [5.41, 5.74) is 0. The van der Waals surface area contributed by atoms with Crippen LogP contribution in [0.25, 0.3) is 0 Å². The fourth-order valence-electron chi connectivity index (χ4n) is 1.05. The van der Waals surface area contributed by atoms with E-state index in [1.807, 2.05) is 13.8 Å². The number of nitrogens with zero attached hydrogens (tertiary/aromatic N) is 1. The van der Waals surface area contributed by atoms with Gasteiger partial charge in [0.25, 0.3) is 0 Å². The van der Waals surface area contributed by atoms with Crippen LogP contribution in [-0.2, 0) is 4.79 Å². The quantitative estimate of drug-likeness (QED) is 0.474. The molecule has 0 aromatic heterocycles. The van der Waals surface area contributed by atoms with E-state index in [-0.39, 0.29) is 0 Å². The van der Waals surface area contributed by atoms with Crippen LogP contribution in [0.4, 0.5) is 0 Å². The van der Waals surface area contributed by atoms with Gasteiger partial charge in [0.2, 0.25) is 0 Å². The summed E-state index contributed by atoms with van der Waals surface area (Å²) in [6.07, 6.45) is 2.39. The molecule has 0 bridgehead atoms. The number of aliphatic hydroxyl groups is 1. The third-order valence-corrected chi connectivity index (χ3v) is 1.70. The first-order valence-electron chi connectivity index (χ1n) is 4.45. The average molecular weight is 187 g/mol. The number of aliphatic hydroxyl groups excluding tert-OH is 1. The minimum atomic E-state index is -1.04. The van der Waals surface area contributed by atoms with E-state index in [4.69, 9.17) is 5.11 Å². The highest BCUT2D eigenvalue weighted by molar-refractivity contribution is 5.79. The minimum absolute atomic E-state index is 0.707. The van der Waals surface area contributed by atoms with Crippen LogP contribution < -0.4 is 0 Å². The van der Waals surface area contributed by atoms with Gasteiger partial charge < -0.3 is 10.2 Å². The molecule has 4 nitrogen and oxygen atoms in total. The number of carbonyl (C=O) groups is 1. The van der Waals surface area contributed by atoms with Gasteiger partial charge in [0.15, 0.2) is 0 Å². The van der Waals surface area contributed by atoms with Crippen molar-refractivity contribution in [2.45, 2.75) is 26.5 Å². The van der Waals surface area contributed by atoms with Crippen molar-refractivity contribution >= 4 is 5.97 Å². The molecule has 1 unspecified atom stereocenters. The Labute approximate surface area is 78.5 Å². The van der Waals surface area contributed by atoms with Crippen molar-refractivity contribution in [3.8, 4) is 0 Å². The highest BCUT2D eigenvalue weighted by Gasteiger charge is 2.08. The van der Waals surface area contributed by atoms with Crippen molar-refractivity contribution in [3.05, 3.63) is 12.2 Å². The molecule has 4 heteroatoms. The van der Waals surface area contributed by atoms with Crippen LogP contribution in [0, 0.1) is 0 Å². The maximum atomic E-state index is 10.2. The molecule has 0 aromatic carbocycles. The lowest BCUT2D eigenvalue weighted by atomic mass is 10.3. The molecule has 0 aliphatic carbocycles. The van der Waals surface area contributed by atoms with E-state index in [2.05, 4.69) is 0 Å². The Bertz CT molecular complexity index is 180. The molecule has 76 valence electrons. The van der Waals surface area contributed by atoms with E-state index in [0.29, 0.717) is 6.54 Å². The molecule has 2 N–H and O–H groups in total. The van der Waals surface area contributed by atoms with Crippen LogP contribution in [0.15, 0.2) is 12.2 Å². The first-order chi connectivity index (χ1) is 6.11. The Kier molecular flexibility index (Phi) is 6.18. The molecule has 0 aliphatic heterocycles. The van der Waals surface area contributed by atoms with E-state index in [0.717, 1.165) is 19.0 Å². The van der Waals surface area contributed by atoms with Crippen LogP contribution in [0.3, 0.4) is 0 Å². The summed E-state index contributed by atoms with van der Waals surface area (Å²) in [4.78, 5) is 11.9. The third kappa shape index (κ3) is 5.38. The van der Waals surface area contributed by atoms with Gasteiger partial charge in [-0.2, -0.15) is 0 Å². The van der Waals surface area contributed by atoms with Gasteiger partial charge in [-0.15, -0.1) is 0 Å². The lowest BCUT2D eigenvalue weighted by Gasteiger charge is -2.23. The van der Waals surface area contributed by atoms with Crippen molar-refractivity contribution in [1.29, 1.82) is 0 Å². The van der Waals surface area contributed by atoms with Gasteiger partial charge in [0, 0.05) is 12.6 Å². The molecule has 0 aromatic rings. The molecule has 1 atom stereocenters. The Hall–Kier alpha value is -0.870. The number of hydrogen-bond donors (Lipinski definition) is 2. The maximum absolute atomic E-state index is 10.2. The molecule has 0 saturated heterocycles. The van der Waals surface area contributed by atoms with E-state index in [1.165, 1.54) is 6.08 Å². The van der Waals surface area contributed by atoms with E-state index >= 15 is 0 Å². The predicted octanol–water partition coefficient (Wildman–Crippen LogP) is 0.677. The van der Waals surface area contributed by atoms with Crippen molar-refractivity contribution < 1.29 is 15.0 Å². The molecular weight excluding hydrogens is 170 g/mol. The summed E-state index contributed by atoms with van der Waals surface area (Å²) in [7, 11) is 0. The van der Waals surface area contributed by atoms with Gasteiger partial charge in [0.05, 0.1) is 0 Å². The Morgan fingerprint density at radius 2 is 2.15 bits per heavy atom. The molecule has 0 fully saturated rings. The lowest BCUT2D eigenvalue weighted by molar-refractivity contribution is -0.131. The van der Waals surface area contributed by atoms with Crippen LogP contribution in [0.1, 0.15) is 20.3 Å². The normalized spacial score (nSPS) is 13.8. The van der Waals surface area contributed by atoms with Crippen LogP contribution in [-0.4, -0.2) is 40.4 Å². The van der Waals surface area contributed by atoms with E-state index in [9.17, 15) is 9.90 Å². The molecule has 0 aliphatic rings. The average Bonchev–Trinajstić information content (AvgIpc) is 2.10. The highest BCUT2D eigenvalue weighted by Crippen LogP contribution is 1.98. The van der Waals surface area contributed by atoms with E-state index < -0.39 is 12.2 Å². The Balaban J connectivity index is 4.04. The molecule has 0 rings (SSSR count). The van der Waals surface area contributed by atoms with Gasteiger partial charge in [-0.3, -0.25) is 4.90 Å². The second-order valence-electron chi connectivity index (χ2n) is 2.74. The van der Waals surface area contributed by atoms with E-state index in [1.54, 1.807) is 4.90 Å².